The van der Waals surface area contributed by atoms with Crippen LogP contribution in [0, 0.1) is 12.8 Å². The zero-order valence-corrected chi connectivity index (χ0v) is 15.1. The molecule has 0 unspecified atom stereocenters. The molecule has 0 bridgehead atoms. The van der Waals surface area contributed by atoms with Crippen LogP contribution in [0.5, 0.6) is 0 Å². The van der Waals surface area contributed by atoms with Gasteiger partial charge in [-0.05, 0) is 38.4 Å². The Balaban J connectivity index is 1.34. The molecule has 5 heteroatoms. The summed E-state index contributed by atoms with van der Waals surface area (Å²) in [6.07, 6.45) is 2.66. The Labute approximate surface area is 150 Å². The average molecular weight is 339 g/mol. The van der Waals surface area contributed by atoms with Crippen molar-refractivity contribution in [2.45, 2.75) is 32.4 Å². The van der Waals surface area contributed by atoms with E-state index in [0.717, 1.165) is 37.7 Å². The first-order valence-electron chi connectivity index (χ1n) is 9.57. The minimum Gasteiger partial charge on any atom is -0.370 e. The lowest BCUT2D eigenvalue weighted by Crippen LogP contribution is -2.39. The lowest BCUT2D eigenvalue weighted by molar-refractivity contribution is 0.234. The van der Waals surface area contributed by atoms with E-state index < -0.39 is 0 Å². The predicted molar refractivity (Wildman–Crippen MR) is 102 cm³/mol. The van der Waals surface area contributed by atoms with Crippen molar-refractivity contribution in [1.29, 1.82) is 0 Å². The number of aryl methyl sites for hydroxylation is 1. The Morgan fingerprint density at radius 1 is 1.24 bits per heavy atom. The average Bonchev–Trinajstić information content (AvgIpc) is 3.28. The summed E-state index contributed by atoms with van der Waals surface area (Å²) in [7, 11) is 0. The van der Waals surface area contributed by atoms with Crippen molar-refractivity contribution in [3.63, 3.8) is 0 Å². The van der Waals surface area contributed by atoms with Gasteiger partial charge in [-0.3, -0.25) is 4.90 Å². The molecule has 0 amide bonds. The van der Waals surface area contributed by atoms with Gasteiger partial charge in [-0.15, -0.1) is 0 Å². The minimum atomic E-state index is 0.489. The number of rotatable bonds is 6. The van der Waals surface area contributed by atoms with Crippen LogP contribution in [-0.4, -0.2) is 47.4 Å². The molecule has 2 aromatic rings. The number of hydrogen-bond acceptors (Lipinski definition) is 4. The number of nitrogens with zero attached hydrogens (tertiary/aromatic N) is 3. The zero-order valence-electron chi connectivity index (χ0n) is 15.1. The highest BCUT2D eigenvalue weighted by Gasteiger charge is 2.24. The van der Waals surface area contributed by atoms with Crippen molar-refractivity contribution in [1.82, 2.24) is 20.0 Å². The first-order chi connectivity index (χ1) is 12.3. The van der Waals surface area contributed by atoms with Crippen LogP contribution in [0.1, 0.15) is 30.1 Å². The first kappa shape index (κ1) is 16.6. The first-order valence-corrected chi connectivity index (χ1v) is 9.57. The minimum absolute atomic E-state index is 0.489. The highest BCUT2D eigenvalue weighted by Crippen LogP contribution is 2.24. The molecule has 1 saturated heterocycles. The summed E-state index contributed by atoms with van der Waals surface area (Å²) in [6, 6.07) is 13.6. The van der Waals surface area contributed by atoms with Crippen LogP contribution in [0.25, 0.3) is 0 Å². The molecule has 1 aromatic heterocycles. The van der Waals surface area contributed by atoms with Crippen molar-refractivity contribution < 1.29 is 0 Å². The van der Waals surface area contributed by atoms with Gasteiger partial charge in [-0.2, -0.15) is 5.10 Å². The highest BCUT2D eigenvalue weighted by atomic mass is 15.3. The van der Waals surface area contributed by atoms with Crippen LogP contribution in [-0.2, 0) is 6.54 Å². The number of aromatic nitrogens is 2. The number of fused-ring (bicyclic) bond motifs is 1. The predicted octanol–water partition coefficient (Wildman–Crippen LogP) is 2.66. The Morgan fingerprint density at radius 2 is 2.04 bits per heavy atom. The van der Waals surface area contributed by atoms with E-state index in [4.69, 9.17) is 0 Å². The lowest BCUT2D eigenvalue weighted by Gasteiger charge is -2.30. The fourth-order valence-electron chi connectivity index (χ4n) is 4.13. The molecule has 1 fully saturated rings. The second-order valence-corrected chi connectivity index (χ2v) is 7.43. The summed E-state index contributed by atoms with van der Waals surface area (Å²) in [5.74, 6) is 1.75. The van der Waals surface area contributed by atoms with Crippen molar-refractivity contribution in [2.75, 3.05) is 38.0 Å². The largest absolute Gasteiger partial charge is 0.370 e. The van der Waals surface area contributed by atoms with Gasteiger partial charge < -0.3 is 10.6 Å². The van der Waals surface area contributed by atoms with Crippen molar-refractivity contribution in [3.05, 3.63) is 47.7 Å². The Bertz CT molecular complexity index is 675. The van der Waals surface area contributed by atoms with E-state index in [-0.39, 0.29) is 0 Å². The van der Waals surface area contributed by atoms with Gasteiger partial charge in [0.2, 0.25) is 0 Å². The number of likely N-dealkylation sites (tertiary alicyclic amines) is 1. The van der Waals surface area contributed by atoms with Gasteiger partial charge in [0.25, 0.3) is 0 Å². The number of benzene rings is 1. The molecular weight excluding hydrogens is 310 g/mol. The Hall–Kier alpha value is -1.85. The lowest BCUT2D eigenvalue weighted by atomic mass is 10.0. The van der Waals surface area contributed by atoms with Gasteiger partial charge in [0.05, 0.1) is 5.69 Å². The van der Waals surface area contributed by atoms with E-state index in [1.165, 1.54) is 31.5 Å². The molecule has 1 aromatic carbocycles. The maximum atomic E-state index is 4.57. The molecule has 4 rings (SSSR count). The third-order valence-corrected chi connectivity index (χ3v) is 5.44. The summed E-state index contributed by atoms with van der Waals surface area (Å²) in [4.78, 5) is 2.64. The SMILES string of the molecule is Cc1cc2n(n1)C[C@@H](CNC[C@@H](c1ccccc1)N1CCCC1)CN2. The molecule has 2 aliphatic heterocycles. The second kappa shape index (κ2) is 7.58. The van der Waals surface area contributed by atoms with Crippen LogP contribution in [0.3, 0.4) is 0 Å². The Morgan fingerprint density at radius 3 is 2.84 bits per heavy atom. The third kappa shape index (κ3) is 3.88. The van der Waals surface area contributed by atoms with Crippen LogP contribution >= 0.6 is 0 Å². The Kier molecular flexibility index (Phi) is 5.04. The van der Waals surface area contributed by atoms with Crippen LogP contribution in [0.15, 0.2) is 36.4 Å². The molecule has 5 nitrogen and oxygen atoms in total. The quantitative estimate of drug-likeness (QED) is 0.849. The summed E-state index contributed by atoms with van der Waals surface area (Å²) >= 11 is 0. The van der Waals surface area contributed by atoms with Crippen molar-refractivity contribution in [3.8, 4) is 0 Å². The number of nitrogens with one attached hydrogen (secondary N) is 2. The molecule has 2 N–H and O–H groups in total. The highest BCUT2D eigenvalue weighted by molar-refractivity contribution is 5.38. The van der Waals surface area contributed by atoms with E-state index in [2.05, 4.69) is 68.6 Å². The maximum absolute atomic E-state index is 4.57. The molecule has 3 heterocycles. The summed E-state index contributed by atoms with van der Waals surface area (Å²) in [5, 5.41) is 11.8. The van der Waals surface area contributed by atoms with Crippen molar-refractivity contribution >= 4 is 5.82 Å². The van der Waals surface area contributed by atoms with Gasteiger partial charge >= 0.3 is 0 Å². The van der Waals surface area contributed by atoms with Crippen LogP contribution in [0.2, 0.25) is 0 Å². The van der Waals surface area contributed by atoms with Gasteiger partial charge in [0, 0.05) is 44.2 Å². The molecule has 0 spiro atoms. The van der Waals surface area contributed by atoms with E-state index in [1.54, 1.807) is 0 Å². The summed E-state index contributed by atoms with van der Waals surface area (Å²) in [5.41, 5.74) is 2.53. The monoisotopic (exact) mass is 339 g/mol. The van der Waals surface area contributed by atoms with Gasteiger partial charge in [-0.25, -0.2) is 4.68 Å². The van der Waals surface area contributed by atoms with E-state index in [1.807, 2.05) is 0 Å². The number of anilines is 1. The summed E-state index contributed by atoms with van der Waals surface area (Å²) < 4.78 is 2.11. The van der Waals surface area contributed by atoms with E-state index >= 15 is 0 Å². The van der Waals surface area contributed by atoms with Crippen LogP contribution in [0.4, 0.5) is 5.82 Å². The molecule has 0 aliphatic carbocycles. The molecule has 2 aliphatic rings. The topological polar surface area (TPSA) is 45.1 Å². The molecule has 0 radical (unpaired) electrons. The standard InChI is InChI=1S/C20H29N5/c1-16-11-20-22-13-17(15-25(20)23-16)12-21-14-19(24-9-5-6-10-24)18-7-3-2-4-8-18/h2-4,7-8,11,17,19,21-22H,5-6,9-10,12-15H2,1H3/t17-,19-/m0/s1. The summed E-state index contributed by atoms with van der Waals surface area (Å²) in [6.45, 7) is 8.58. The molecule has 0 saturated carbocycles. The maximum Gasteiger partial charge on any atom is 0.124 e. The van der Waals surface area contributed by atoms with Gasteiger partial charge in [0.1, 0.15) is 5.82 Å². The molecule has 2 atom stereocenters. The normalized spacial score (nSPS) is 21.7. The smallest absolute Gasteiger partial charge is 0.124 e. The van der Waals surface area contributed by atoms with Crippen molar-refractivity contribution in [2.24, 2.45) is 5.92 Å². The second-order valence-electron chi connectivity index (χ2n) is 7.43. The number of hydrogen-bond donors (Lipinski definition) is 2. The van der Waals surface area contributed by atoms with Gasteiger partial charge in [0.15, 0.2) is 0 Å². The fraction of sp³-hybridized carbons (Fsp3) is 0.550. The van der Waals surface area contributed by atoms with Crippen LogP contribution < -0.4 is 10.6 Å². The molecule has 25 heavy (non-hydrogen) atoms. The fourth-order valence-corrected chi connectivity index (χ4v) is 4.13. The third-order valence-electron chi connectivity index (χ3n) is 5.44. The molecule has 134 valence electrons. The van der Waals surface area contributed by atoms with E-state index in [0.29, 0.717) is 12.0 Å². The molecular formula is C20H29N5. The van der Waals surface area contributed by atoms with Gasteiger partial charge in [-0.1, -0.05) is 30.3 Å². The zero-order chi connectivity index (χ0) is 17.1. The van der Waals surface area contributed by atoms with E-state index in [9.17, 15) is 0 Å².